The number of nitrogens with one attached hydrogen (secondary N) is 4. The summed E-state index contributed by atoms with van der Waals surface area (Å²) in [6, 6.07) is 3.37. The molecule has 5 atom stereocenters. The molecule has 0 bridgehead atoms. The van der Waals surface area contributed by atoms with E-state index in [1.165, 1.54) is 11.8 Å². The van der Waals surface area contributed by atoms with Gasteiger partial charge in [0.1, 0.15) is 30.2 Å². The number of rotatable bonds is 18. The first-order valence-corrected chi connectivity index (χ1v) is 15.0. The van der Waals surface area contributed by atoms with E-state index in [-0.39, 0.29) is 25.2 Å². The summed E-state index contributed by atoms with van der Waals surface area (Å²) in [5, 5.41) is 29.3. The van der Waals surface area contributed by atoms with Crippen molar-refractivity contribution in [3.63, 3.8) is 0 Å². The number of nitrogens with two attached hydrogens (primary N) is 1. The maximum atomic E-state index is 13.4. The largest absolute Gasteiger partial charge is 0.480 e. The van der Waals surface area contributed by atoms with Gasteiger partial charge in [-0.05, 0) is 42.2 Å². The summed E-state index contributed by atoms with van der Waals surface area (Å²) in [6.45, 7) is 6.58. The van der Waals surface area contributed by atoms with E-state index in [2.05, 4.69) is 21.3 Å². The van der Waals surface area contributed by atoms with Gasteiger partial charge in [-0.2, -0.15) is 11.8 Å². The van der Waals surface area contributed by atoms with E-state index in [1.807, 2.05) is 20.1 Å². The van der Waals surface area contributed by atoms with E-state index >= 15 is 0 Å². The molecular weight excluding hydrogens is 550 g/mol. The zero-order valence-electron chi connectivity index (χ0n) is 24.4. The Kier molecular flexibility index (Phi) is 16.0. The summed E-state index contributed by atoms with van der Waals surface area (Å²) < 4.78 is 0. The third-order valence-corrected chi connectivity index (χ3v) is 6.91. The van der Waals surface area contributed by atoms with Crippen LogP contribution in [0.4, 0.5) is 0 Å². The third kappa shape index (κ3) is 12.9. The van der Waals surface area contributed by atoms with Crippen LogP contribution in [-0.2, 0) is 30.4 Å². The lowest BCUT2D eigenvalue weighted by atomic mass is 9.98. The number of aliphatic hydroxyl groups is 1. The first-order valence-electron chi connectivity index (χ1n) is 13.6. The molecule has 0 radical (unpaired) electrons. The topological polar surface area (TPSA) is 200 Å². The number of hydrogen-bond donors (Lipinski definition) is 7. The molecular formula is C28H45N5O7S. The standard InChI is InChI=1S/C28H45N5O7S/c1-16(2)13-21(31-25(36)20(11-12-41-5)30-24(35)19(29)15-34)26(37)33-23(17(3)4)27(38)32-22(28(39)40)14-18-9-7-6-8-10-18/h6-10,16-17,19-23,34H,11-15,29H2,1-5H3,(H,30,35)(H,31,36)(H,32,38)(H,33,37)(H,39,40). The van der Waals surface area contributed by atoms with Gasteiger partial charge < -0.3 is 37.2 Å². The van der Waals surface area contributed by atoms with Gasteiger partial charge in [-0.25, -0.2) is 4.79 Å². The monoisotopic (exact) mass is 595 g/mol. The molecule has 0 aliphatic heterocycles. The molecule has 0 heterocycles. The van der Waals surface area contributed by atoms with Crippen LogP contribution in [0, 0.1) is 11.8 Å². The average Bonchev–Trinajstić information content (AvgIpc) is 2.92. The molecule has 0 saturated heterocycles. The molecule has 0 aliphatic rings. The zero-order chi connectivity index (χ0) is 31.1. The van der Waals surface area contributed by atoms with Crippen LogP contribution < -0.4 is 27.0 Å². The highest BCUT2D eigenvalue weighted by Gasteiger charge is 2.33. The fourth-order valence-corrected chi connectivity index (χ4v) is 4.41. The molecule has 0 aliphatic carbocycles. The lowest BCUT2D eigenvalue weighted by Gasteiger charge is -2.28. The Morgan fingerprint density at radius 1 is 0.829 bits per heavy atom. The number of aliphatic hydroxyl groups excluding tert-OH is 1. The second-order valence-corrected chi connectivity index (χ2v) is 11.6. The molecule has 1 rings (SSSR count). The van der Waals surface area contributed by atoms with Crippen molar-refractivity contribution >= 4 is 41.4 Å². The number of thioether (sulfide) groups is 1. The van der Waals surface area contributed by atoms with Crippen LogP contribution in [0.1, 0.15) is 46.1 Å². The Hall–Kier alpha value is -3.16. The van der Waals surface area contributed by atoms with Crippen molar-refractivity contribution in [3.8, 4) is 0 Å². The normalized spacial score (nSPS) is 14.9. The maximum Gasteiger partial charge on any atom is 0.326 e. The number of aliphatic carboxylic acids is 1. The average molecular weight is 596 g/mol. The van der Waals surface area contributed by atoms with Gasteiger partial charge in [0, 0.05) is 6.42 Å². The zero-order valence-corrected chi connectivity index (χ0v) is 25.2. The first kappa shape index (κ1) is 35.9. The molecule has 4 amide bonds. The molecule has 0 spiro atoms. The number of carbonyl (C=O) groups is 5. The second kappa shape index (κ2) is 18.3. The lowest BCUT2D eigenvalue weighted by Crippen LogP contribution is -2.60. The molecule has 0 saturated carbocycles. The van der Waals surface area contributed by atoms with Gasteiger partial charge in [0.2, 0.25) is 23.6 Å². The number of carboxylic acid groups (broad SMARTS) is 1. The van der Waals surface area contributed by atoms with Crippen LogP contribution in [0.5, 0.6) is 0 Å². The molecule has 1 aromatic rings. The first-order chi connectivity index (χ1) is 19.3. The highest BCUT2D eigenvalue weighted by Crippen LogP contribution is 2.11. The summed E-state index contributed by atoms with van der Waals surface area (Å²) in [5.74, 6) is -3.64. The number of hydrogen-bond acceptors (Lipinski definition) is 8. The van der Waals surface area contributed by atoms with Gasteiger partial charge in [0.05, 0.1) is 6.61 Å². The predicted octanol–water partition coefficient (Wildman–Crippen LogP) is 0.0277. The summed E-state index contributed by atoms with van der Waals surface area (Å²) in [7, 11) is 0. The minimum Gasteiger partial charge on any atom is -0.480 e. The Morgan fingerprint density at radius 3 is 1.90 bits per heavy atom. The summed E-state index contributed by atoms with van der Waals surface area (Å²) in [6.07, 6.45) is 2.42. The van der Waals surface area contributed by atoms with Crippen molar-refractivity contribution in [3.05, 3.63) is 35.9 Å². The van der Waals surface area contributed by atoms with Gasteiger partial charge in [0.15, 0.2) is 0 Å². The smallest absolute Gasteiger partial charge is 0.326 e. The molecule has 5 unspecified atom stereocenters. The second-order valence-electron chi connectivity index (χ2n) is 10.6. The molecule has 41 heavy (non-hydrogen) atoms. The SMILES string of the molecule is CSCCC(NC(=O)C(N)CO)C(=O)NC(CC(C)C)C(=O)NC(C(=O)NC(Cc1ccccc1)C(=O)O)C(C)C. The van der Waals surface area contributed by atoms with Gasteiger partial charge in [-0.3, -0.25) is 19.2 Å². The third-order valence-electron chi connectivity index (χ3n) is 6.26. The van der Waals surface area contributed by atoms with Crippen molar-refractivity contribution in [1.29, 1.82) is 0 Å². The van der Waals surface area contributed by atoms with Gasteiger partial charge >= 0.3 is 5.97 Å². The van der Waals surface area contributed by atoms with Crippen LogP contribution in [0.3, 0.4) is 0 Å². The number of amides is 4. The fourth-order valence-electron chi connectivity index (χ4n) is 3.94. The van der Waals surface area contributed by atoms with Crippen LogP contribution in [0.25, 0.3) is 0 Å². The molecule has 230 valence electrons. The number of carbonyl (C=O) groups excluding carboxylic acids is 4. The van der Waals surface area contributed by atoms with Crippen molar-refractivity contribution in [2.45, 2.75) is 77.2 Å². The quantitative estimate of drug-likeness (QED) is 0.122. The van der Waals surface area contributed by atoms with Crippen LogP contribution in [0.2, 0.25) is 0 Å². The van der Waals surface area contributed by atoms with E-state index in [9.17, 15) is 34.2 Å². The highest BCUT2D eigenvalue weighted by molar-refractivity contribution is 7.98. The Labute approximate surface area is 246 Å². The molecule has 0 fully saturated rings. The lowest BCUT2D eigenvalue weighted by molar-refractivity contribution is -0.142. The van der Waals surface area contributed by atoms with E-state index in [4.69, 9.17) is 5.73 Å². The highest BCUT2D eigenvalue weighted by atomic mass is 32.2. The predicted molar refractivity (Wildman–Crippen MR) is 158 cm³/mol. The maximum absolute atomic E-state index is 13.4. The summed E-state index contributed by atoms with van der Waals surface area (Å²) in [4.78, 5) is 63.9. The van der Waals surface area contributed by atoms with E-state index in [0.29, 0.717) is 5.75 Å². The van der Waals surface area contributed by atoms with Crippen molar-refractivity contribution in [2.24, 2.45) is 17.6 Å². The Bertz CT molecular complexity index is 1010. The molecule has 0 aromatic heterocycles. The van der Waals surface area contributed by atoms with Gasteiger partial charge in [-0.1, -0.05) is 58.0 Å². The van der Waals surface area contributed by atoms with E-state index in [1.54, 1.807) is 44.2 Å². The van der Waals surface area contributed by atoms with Gasteiger partial charge in [0.25, 0.3) is 0 Å². The van der Waals surface area contributed by atoms with Crippen LogP contribution in [-0.4, -0.2) is 88.6 Å². The minimum absolute atomic E-state index is 0.0123. The van der Waals surface area contributed by atoms with E-state index in [0.717, 1.165) is 5.56 Å². The van der Waals surface area contributed by atoms with Crippen LogP contribution in [0.15, 0.2) is 30.3 Å². The fraction of sp³-hybridized carbons (Fsp3) is 0.607. The molecule has 12 nitrogen and oxygen atoms in total. The summed E-state index contributed by atoms with van der Waals surface area (Å²) in [5.41, 5.74) is 6.31. The van der Waals surface area contributed by atoms with E-state index < -0.39 is 72.3 Å². The van der Waals surface area contributed by atoms with Crippen molar-refractivity contribution in [1.82, 2.24) is 21.3 Å². The van der Waals surface area contributed by atoms with Crippen molar-refractivity contribution in [2.75, 3.05) is 18.6 Å². The van der Waals surface area contributed by atoms with Gasteiger partial charge in [-0.15, -0.1) is 0 Å². The summed E-state index contributed by atoms with van der Waals surface area (Å²) >= 11 is 1.47. The van der Waals surface area contributed by atoms with Crippen LogP contribution >= 0.6 is 11.8 Å². The number of carboxylic acids is 1. The van der Waals surface area contributed by atoms with Crippen molar-refractivity contribution < 1.29 is 34.2 Å². The molecule has 1 aromatic carbocycles. The Balaban J connectivity index is 3.06. The Morgan fingerprint density at radius 2 is 1.39 bits per heavy atom. The molecule has 13 heteroatoms. The minimum atomic E-state index is -1.21. The molecule has 8 N–H and O–H groups in total. The number of benzene rings is 1.